The van der Waals surface area contributed by atoms with Crippen LogP contribution in [-0.2, 0) is 16.1 Å². The molecule has 158 valence electrons. The van der Waals surface area contributed by atoms with Crippen molar-refractivity contribution in [3.05, 3.63) is 64.3 Å². The summed E-state index contributed by atoms with van der Waals surface area (Å²) in [5.41, 5.74) is 5.06. The average molecular weight is 435 g/mol. The number of carbonyl (C=O) groups is 2. The topological polar surface area (TPSA) is 86.1 Å². The zero-order valence-corrected chi connectivity index (χ0v) is 18.5. The lowest BCUT2D eigenvalue weighted by Crippen LogP contribution is -2.20. The van der Waals surface area contributed by atoms with E-state index in [9.17, 15) is 9.59 Å². The molecule has 7 nitrogen and oxygen atoms in total. The van der Waals surface area contributed by atoms with Gasteiger partial charge in [-0.2, -0.15) is 5.10 Å². The number of nitrogens with one attached hydrogen (secondary N) is 1. The number of fused-ring (bicyclic) bond motifs is 1. The molecule has 0 spiro atoms. The van der Waals surface area contributed by atoms with Crippen LogP contribution in [0.2, 0.25) is 0 Å². The Morgan fingerprint density at radius 1 is 1.16 bits per heavy atom. The van der Waals surface area contributed by atoms with E-state index in [4.69, 9.17) is 4.74 Å². The minimum atomic E-state index is -0.482. The fourth-order valence-corrected chi connectivity index (χ4v) is 4.53. The second kappa shape index (κ2) is 8.31. The fourth-order valence-electron chi connectivity index (χ4n) is 3.62. The van der Waals surface area contributed by atoms with Crippen LogP contribution in [0.25, 0.3) is 22.2 Å². The molecule has 0 aliphatic rings. The fraction of sp³-hybridized carbons (Fsp3) is 0.217. The van der Waals surface area contributed by atoms with Crippen LogP contribution < -0.4 is 5.32 Å². The molecule has 4 aromatic rings. The summed E-state index contributed by atoms with van der Waals surface area (Å²) in [6.07, 6.45) is 1.73. The number of amides is 1. The molecule has 1 amide bonds. The maximum Gasteiger partial charge on any atom is 0.340 e. The van der Waals surface area contributed by atoms with E-state index in [0.29, 0.717) is 16.2 Å². The molecular weight excluding hydrogens is 412 g/mol. The van der Waals surface area contributed by atoms with Gasteiger partial charge in [0.25, 0.3) is 0 Å². The lowest BCUT2D eigenvalue weighted by atomic mass is 10.0. The maximum atomic E-state index is 12.8. The molecule has 31 heavy (non-hydrogen) atoms. The summed E-state index contributed by atoms with van der Waals surface area (Å²) in [5, 5.41) is 8.76. The van der Waals surface area contributed by atoms with Gasteiger partial charge in [-0.05, 0) is 44.0 Å². The van der Waals surface area contributed by atoms with Gasteiger partial charge in [0.15, 0.2) is 5.65 Å². The second-order valence-corrected chi connectivity index (χ2v) is 8.57. The first kappa shape index (κ1) is 20.7. The van der Waals surface area contributed by atoms with Crippen LogP contribution in [0.1, 0.15) is 26.5 Å². The van der Waals surface area contributed by atoms with Gasteiger partial charge >= 0.3 is 5.97 Å². The van der Waals surface area contributed by atoms with Gasteiger partial charge in [0.1, 0.15) is 11.5 Å². The molecule has 8 heteroatoms. The Morgan fingerprint density at radius 2 is 1.97 bits per heavy atom. The van der Waals surface area contributed by atoms with Gasteiger partial charge in [-0.25, -0.2) is 14.5 Å². The lowest BCUT2D eigenvalue weighted by molar-refractivity contribution is -0.116. The third kappa shape index (κ3) is 4.06. The van der Waals surface area contributed by atoms with Crippen LogP contribution in [0.15, 0.2) is 42.6 Å². The molecule has 0 aliphatic carbocycles. The molecular formula is C23H22N4O3S. The summed E-state index contributed by atoms with van der Waals surface area (Å²) >= 11 is 1.33. The molecule has 0 fully saturated rings. The Kier molecular flexibility index (Phi) is 5.56. The summed E-state index contributed by atoms with van der Waals surface area (Å²) in [4.78, 5) is 30.1. The minimum absolute atomic E-state index is 0.0217. The number of carbonyl (C=O) groups excluding carboxylic acids is 2. The normalized spacial score (nSPS) is 11.0. The van der Waals surface area contributed by atoms with Crippen molar-refractivity contribution in [3.63, 3.8) is 0 Å². The molecule has 0 bridgehead atoms. The van der Waals surface area contributed by atoms with Crippen molar-refractivity contribution in [2.45, 2.75) is 27.3 Å². The van der Waals surface area contributed by atoms with E-state index in [1.807, 2.05) is 26.0 Å². The number of esters is 1. The predicted molar refractivity (Wildman–Crippen MR) is 121 cm³/mol. The molecule has 3 heterocycles. The van der Waals surface area contributed by atoms with Crippen molar-refractivity contribution in [2.24, 2.45) is 0 Å². The smallest absolute Gasteiger partial charge is 0.340 e. The zero-order chi connectivity index (χ0) is 22.1. The predicted octanol–water partition coefficient (Wildman–Crippen LogP) is 4.51. The third-order valence-electron chi connectivity index (χ3n) is 4.94. The van der Waals surface area contributed by atoms with Crippen LogP contribution in [0.3, 0.4) is 0 Å². The Balaban J connectivity index is 1.65. The van der Waals surface area contributed by atoms with Crippen molar-refractivity contribution < 1.29 is 14.3 Å². The molecule has 0 radical (unpaired) electrons. The van der Waals surface area contributed by atoms with E-state index in [1.54, 1.807) is 16.9 Å². The molecule has 1 N–H and O–H groups in total. The van der Waals surface area contributed by atoms with Gasteiger partial charge in [0.05, 0.1) is 18.4 Å². The van der Waals surface area contributed by atoms with E-state index in [-0.39, 0.29) is 12.5 Å². The van der Waals surface area contributed by atoms with Crippen LogP contribution in [0.5, 0.6) is 0 Å². The van der Waals surface area contributed by atoms with E-state index in [1.165, 1.54) is 24.0 Å². The number of aryl methyl sites for hydroxylation is 3. The summed E-state index contributed by atoms with van der Waals surface area (Å²) in [6, 6.07) is 11.9. The number of nitrogens with zero attached hydrogens (tertiary/aromatic N) is 3. The Labute approximate surface area is 183 Å². The van der Waals surface area contributed by atoms with Gasteiger partial charge in [0.2, 0.25) is 5.91 Å². The highest BCUT2D eigenvalue weighted by Crippen LogP contribution is 2.31. The van der Waals surface area contributed by atoms with Gasteiger partial charge in [0, 0.05) is 16.5 Å². The van der Waals surface area contributed by atoms with Crippen molar-refractivity contribution in [1.82, 2.24) is 14.8 Å². The first-order valence-corrected chi connectivity index (χ1v) is 10.6. The number of aromatic nitrogens is 3. The largest absolute Gasteiger partial charge is 0.465 e. The van der Waals surface area contributed by atoms with Gasteiger partial charge < -0.3 is 10.1 Å². The monoisotopic (exact) mass is 434 g/mol. The van der Waals surface area contributed by atoms with Crippen LogP contribution in [0, 0.1) is 20.8 Å². The van der Waals surface area contributed by atoms with E-state index in [0.717, 1.165) is 27.1 Å². The van der Waals surface area contributed by atoms with E-state index in [2.05, 4.69) is 40.5 Å². The van der Waals surface area contributed by atoms with Crippen molar-refractivity contribution >= 4 is 39.2 Å². The van der Waals surface area contributed by atoms with E-state index < -0.39 is 5.97 Å². The van der Waals surface area contributed by atoms with Crippen molar-refractivity contribution in [1.29, 1.82) is 0 Å². The number of pyridine rings is 1. The van der Waals surface area contributed by atoms with Gasteiger partial charge in [-0.1, -0.05) is 29.8 Å². The first-order valence-electron chi connectivity index (χ1n) is 9.75. The lowest BCUT2D eigenvalue weighted by Gasteiger charge is -2.07. The van der Waals surface area contributed by atoms with Crippen LogP contribution >= 0.6 is 11.3 Å². The summed E-state index contributed by atoms with van der Waals surface area (Å²) < 4.78 is 6.40. The molecule has 0 saturated heterocycles. The summed E-state index contributed by atoms with van der Waals surface area (Å²) in [6.45, 7) is 5.81. The highest BCUT2D eigenvalue weighted by Gasteiger charge is 2.19. The SMILES string of the molecule is COC(=O)c1cc(C)sc1NC(=O)Cn1nc(C)c2c(-c3cccc(C)c3)ccnc21. The number of rotatable bonds is 5. The van der Waals surface area contributed by atoms with Crippen molar-refractivity contribution in [3.8, 4) is 11.1 Å². The van der Waals surface area contributed by atoms with Crippen LogP contribution in [0.4, 0.5) is 5.00 Å². The standard InChI is InChI=1S/C23H22N4O3S/c1-13-6-5-7-16(10-13)17-8-9-24-21-20(17)15(3)26-27(21)12-19(28)25-22-18(23(29)30-4)11-14(2)31-22/h5-11H,12H2,1-4H3,(H,25,28). The highest BCUT2D eigenvalue weighted by molar-refractivity contribution is 7.16. The molecule has 4 rings (SSSR count). The molecule has 0 aliphatic heterocycles. The number of ether oxygens (including phenoxy) is 1. The number of thiophene rings is 1. The summed E-state index contributed by atoms with van der Waals surface area (Å²) in [7, 11) is 1.32. The summed E-state index contributed by atoms with van der Waals surface area (Å²) in [5.74, 6) is -0.774. The van der Waals surface area contributed by atoms with Gasteiger partial charge in [-0.3, -0.25) is 4.79 Å². The third-order valence-corrected chi connectivity index (χ3v) is 5.91. The van der Waals surface area contributed by atoms with Crippen molar-refractivity contribution in [2.75, 3.05) is 12.4 Å². The Bertz CT molecular complexity index is 1310. The molecule has 1 aromatic carbocycles. The second-order valence-electron chi connectivity index (χ2n) is 7.31. The average Bonchev–Trinajstić information content (AvgIpc) is 3.26. The number of benzene rings is 1. The first-order chi connectivity index (χ1) is 14.9. The highest BCUT2D eigenvalue weighted by atomic mass is 32.1. The number of hydrogen-bond acceptors (Lipinski definition) is 6. The maximum absolute atomic E-state index is 12.8. The molecule has 0 atom stereocenters. The number of anilines is 1. The minimum Gasteiger partial charge on any atom is -0.465 e. The molecule has 3 aromatic heterocycles. The number of methoxy groups -OCH3 is 1. The Hall–Kier alpha value is -3.52. The quantitative estimate of drug-likeness (QED) is 0.467. The van der Waals surface area contributed by atoms with Gasteiger partial charge in [-0.15, -0.1) is 11.3 Å². The Morgan fingerprint density at radius 3 is 2.71 bits per heavy atom. The number of hydrogen-bond donors (Lipinski definition) is 1. The van der Waals surface area contributed by atoms with E-state index >= 15 is 0 Å². The zero-order valence-electron chi connectivity index (χ0n) is 17.7. The molecule has 0 saturated carbocycles. The van der Waals surface area contributed by atoms with Crippen LogP contribution in [-0.4, -0.2) is 33.8 Å². The molecule has 0 unspecified atom stereocenters.